The molecule has 0 amide bonds. The molecular formula is C24H32N6O. The van der Waals surface area contributed by atoms with Crippen LogP contribution in [0.5, 0.6) is 5.75 Å². The van der Waals surface area contributed by atoms with Crippen molar-refractivity contribution in [3.8, 4) is 5.75 Å². The first-order valence-corrected chi connectivity index (χ1v) is 11.0. The Bertz CT molecular complexity index is 958. The summed E-state index contributed by atoms with van der Waals surface area (Å²) in [6, 6.07) is 16.8. The second-order valence-electron chi connectivity index (χ2n) is 7.86. The number of rotatable bonds is 8. The van der Waals surface area contributed by atoms with Crippen molar-refractivity contribution < 1.29 is 4.74 Å². The Kier molecular flexibility index (Phi) is 7.04. The van der Waals surface area contributed by atoms with Crippen molar-refractivity contribution >= 4 is 17.0 Å². The molecule has 0 saturated carbocycles. The number of H-pyrrole nitrogens is 1. The molecule has 0 radical (unpaired) electrons. The van der Waals surface area contributed by atoms with Gasteiger partial charge in [0.2, 0.25) is 0 Å². The lowest BCUT2D eigenvalue weighted by Gasteiger charge is -2.29. The van der Waals surface area contributed by atoms with Gasteiger partial charge in [0.1, 0.15) is 11.6 Å². The van der Waals surface area contributed by atoms with E-state index in [0.717, 1.165) is 61.2 Å². The molecule has 1 aliphatic heterocycles. The maximum atomic E-state index is 5.32. The summed E-state index contributed by atoms with van der Waals surface area (Å²) in [7, 11) is 3.52. The zero-order valence-corrected chi connectivity index (χ0v) is 18.4. The number of nitrogens with zero attached hydrogens (tertiary/aromatic N) is 3. The van der Waals surface area contributed by atoms with Crippen LogP contribution in [-0.4, -0.2) is 61.2 Å². The highest BCUT2D eigenvalue weighted by molar-refractivity contribution is 5.79. The van der Waals surface area contributed by atoms with E-state index in [9.17, 15) is 0 Å². The second-order valence-corrected chi connectivity index (χ2v) is 7.86. The van der Waals surface area contributed by atoms with Gasteiger partial charge in [0.15, 0.2) is 5.96 Å². The minimum atomic E-state index is 0.308. The fraction of sp³-hybridized carbons (Fsp3) is 0.417. The fourth-order valence-corrected chi connectivity index (χ4v) is 4.17. The van der Waals surface area contributed by atoms with Crippen LogP contribution >= 0.6 is 0 Å². The molecule has 4 rings (SSSR count). The van der Waals surface area contributed by atoms with Crippen LogP contribution < -0.4 is 15.4 Å². The van der Waals surface area contributed by atoms with Crippen LogP contribution in [0.1, 0.15) is 30.3 Å². The van der Waals surface area contributed by atoms with Crippen molar-refractivity contribution in [1.82, 2.24) is 25.5 Å². The third-order valence-electron chi connectivity index (χ3n) is 5.86. The standard InChI is InChI=1S/C24H32N6O/c1-25-24(26-14-13-23-28-20-7-3-4-8-21(20)29-23)27-17-22(30-15-5-6-16-30)18-9-11-19(31-2)12-10-18/h3-4,7-12,22H,5-6,13-17H2,1-2H3,(H,28,29)(H2,25,26,27). The molecular weight excluding hydrogens is 388 g/mol. The minimum Gasteiger partial charge on any atom is -0.497 e. The Morgan fingerprint density at radius 1 is 1.13 bits per heavy atom. The molecule has 7 heteroatoms. The number of aliphatic imine (C=N–C) groups is 1. The van der Waals surface area contributed by atoms with Gasteiger partial charge in [-0.05, 0) is 55.8 Å². The molecule has 3 N–H and O–H groups in total. The molecule has 0 bridgehead atoms. The summed E-state index contributed by atoms with van der Waals surface area (Å²) in [6.45, 7) is 3.83. The normalized spacial score (nSPS) is 15.9. The van der Waals surface area contributed by atoms with Crippen LogP contribution in [0.2, 0.25) is 0 Å². The molecule has 1 atom stereocenters. The van der Waals surface area contributed by atoms with Crippen molar-refractivity contribution in [2.75, 3.05) is 40.3 Å². The molecule has 1 saturated heterocycles. The molecule has 1 fully saturated rings. The van der Waals surface area contributed by atoms with Crippen molar-refractivity contribution in [3.05, 3.63) is 59.9 Å². The van der Waals surface area contributed by atoms with Gasteiger partial charge < -0.3 is 20.4 Å². The highest BCUT2D eigenvalue weighted by atomic mass is 16.5. The van der Waals surface area contributed by atoms with Gasteiger partial charge in [-0.3, -0.25) is 9.89 Å². The summed E-state index contributed by atoms with van der Waals surface area (Å²) < 4.78 is 5.32. The number of guanidine groups is 1. The van der Waals surface area contributed by atoms with Crippen LogP contribution in [0.15, 0.2) is 53.5 Å². The third kappa shape index (κ3) is 5.35. The SMILES string of the molecule is CN=C(NCCc1nc2ccccc2[nH]1)NCC(c1ccc(OC)cc1)N1CCCC1. The predicted molar refractivity (Wildman–Crippen MR) is 126 cm³/mol. The van der Waals surface area contributed by atoms with Crippen molar-refractivity contribution in [2.45, 2.75) is 25.3 Å². The van der Waals surface area contributed by atoms with Crippen LogP contribution in [0.4, 0.5) is 0 Å². The lowest BCUT2D eigenvalue weighted by Crippen LogP contribution is -2.43. The molecule has 31 heavy (non-hydrogen) atoms. The van der Waals surface area contributed by atoms with Crippen molar-refractivity contribution in [1.29, 1.82) is 0 Å². The average Bonchev–Trinajstić information content (AvgIpc) is 3.48. The molecule has 164 valence electrons. The zero-order chi connectivity index (χ0) is 21.5. The number of benzene rings is 2. The van der Waals surface area contributed by atoms with Gasteiger partial charge in [-0.25, -0.2) is 4.98 Å². The highest BCUT2D eigenvalue weighted by Gasteiger charge is 2.23. The van der Waals surface area contributed by atoms with Gasteiger partial charge in [-0.2, -0.15) is 0 Å². The molecule has 1 unspecified atom stereocenters. The molecule has 1 aromatic heterocycles. The lowest BCUT2D eigenvalue weighted by atomic mass is 10.1. The minimum absolute atomic E-state index is 0.308. The summed E-state index contributed by atoms with van der Waals surface area (Å²) in [4.78, 5) is 15.0. The average molecular weight is 421 g/mol. The van der Waals surface area contributed by atoms with E-state index in [-0.39, 0.29) is 0 Å². The smallest absolute Gasteiger partial charge is 0.191 e. The molecule has 1 aliphatic rings. The number of aromatic nitrogens is 2. The molecule has 2 heterocycles. The summed E-state index contributed by atoms with van der Waals surface area (Å²) in [5.41, 5.74) is 3.38. The van der Waals surface area contributed by atoms with Crippen LogP contribution in [0.25, 0.3) is 11.0 Å². The molecule has 0 aliphatic carbocycles. The number of likely N-dealkylation sites (tertiary alicyclic amines) is 1. The van der Waals surface area contributed by atoms with E-state index in [1.165, 1.54) is 18.4 Å². The van der Waals surface area contributed by atoms with E-state index in [1.54, 1.807) is 7.11 Å². The summed E-state index contributed by atoms with van der Waals surface area (Å²) in [5.74, 6) is 2.69. The number of nitrogens with one attached hydrogen (secondary N) is 3. The number of imidazole rings is 1. The highest BCUT2D eigenvalue weighted by Crippen LogP contribution is 2.26. The first-order valence-electron chi connectivity index (χ1n) is 11.0. The van der Waals surface area contributed by atoms with E-state index in [1.807, 2.05) is 37.4 Å². The Morgan fingerprint density at radius 3 is 2.61 bits per heavy atom. The second kappa shape index (κ2) is 10.3. The van der Waals surface area contributed by atoms with E-state index in [4.69, 9.17) is 4.74 Å². The quantitative estimate of drug-likeness (QED) is 0.386. The Balaban J connectivity index is 1.33. The predicted octanol–water partition coefficient (Wildman–Crippen LogP) is 3.12. The van der Waals surface area contributed by atoms with Crippen LogP contribution in [0.3, 0.4) is 0 Å². The van der Waals surface area contributed by atoms with E-state index < -0.39 is 0 Å². The maximum Gasteiger partial charge on any atom is 0.191 e. The topological polar surface area (TPSA) is 77.6 Å². The number of fused-ring (bicyclic) bond motifs is 1. The van der Waals surface area contributed by atoms with Crippen LogP contribution in [-0.2, 0) is 6.42 Å². The molecule has 7 nitrogen and oxygen atoms in total. The maximum absolute atomic E-state index is 5.32. The van der Waals surface area contributed by atoms with Crippen LogP contribution in [0, 0.1) is 0 Å². The number of ether oxygens (including phenoxy) is 1. The van der Waals surface area contributed by atoms with Crippen molar-refractivity contribution in [3.63, 3.8) is 0 Å². The van der Waals surface area contributed by atoms with Gasteiger partial charge in [0.05, 0.1) is 24.2 Å². The monoisotopic (exact) mass is 420 g/mol. The first-order chi connectivity index (χ1) is 15.3. The van der Waals surface area contributed by atoms with E-state index in [0.29, 0.717) is 6.04 Å². The Hall–Kier alpha value is -3.06. The molecule has 3 aromatic rings. The van der Waals surface area contributed by atoms with E-state index in [2.05, 4.69) is 48.7 Å². The number of aromatic amines is 1. The zero-order valence-electron chi connectivity index (χ0n) is 18.4. The summed E-state index contributed by atoms with van der Waals surface area (Å²) in [5, 5.41) is 6.94. The van der Waals surface area contributed by atoms with Gasteiger partial charge in [-0.15, -0.1) is 0 Å². The number of hydrogen-bond acceptors (Lipinski definition) is 4. The van der Waals surface area contributed by atoms with Crippen molar-refractivity contribution in [2.24, 2.45) is 4.99 Å². The third-order valence-corrected chi connectivity index (χ3v) is 5.86. The summed E-state index contributed by atoms with van der Waals surface area (Å²) >= 11 is 0. The number of para-hydroxylation sites is 2. The molecule has 2 aromatic carbocycles. The van der Waals surface area contributed by atoms with Gasteiger partial charge in [0.25, 0.3) is 0 Å². The number of hydrogen-bond donors (Lipinski definition) is 3. The van der Waals surface area contributed by atoms with Gasteiger partial charge in [-0.1, -0.05) is 24.3 Å². The first kappa shape index (κ1) is 21.2. The largest absolute Gasteiger partial charge is 0.497 e. The number of methoxy groups -OCH3 is 1. The lowest BCUT2D eigenvalue weighted by molar-refractivity contribution is 0.245. The van der Waals surface area contributed by atoms with E-state index >= 15 is 0 Å². The van der Waals surface area contributed by atoms with Gasteiger partial charge >= 0.3 is 0 Å². The summed E-state index contributed by atoms with van der Waals surface area (Å²) in [6.07, 6.45) is 3.33. The Morgan fingerprint density at radius 2 is 1.90 bits per heavy atom. The fourth-order valence-electron chi connectivity index (χ4n) is 4.17. The molecule has 0 spiro atoms. The Labute approximate surface area is 183 Å². The van der Waals surface area contributed by atoms with Gasteiger partial charge in [0, 0.05) is 26.6 Å².